The van der Waals surface area contributed by atoms with Crippen LogP contribution in [0.15, 0.2) is 54.6 Å². The minimum Gasteiger partial charge on any atom is -0.494 e. The van der Waals surface area contributed by atoms with Gasteiger partial charge in [-0.25, -0.2) is 9.59 Å². The maximum absolute atomic E-state index is 12.4. The van der Waals surface area contributed by atoms with E-state index < -0.39 is 24.0 Å². The van der Waals surface area contributed by atoms with Gasteiger partial charge in [0.25, 0.3) is 5.91 Å². The van der Waals surface area contributed by atoms with Crippen LogP contribution < -0.4 is 15.4 Å². The highest BCUT2D eigenvalue weighted by Gasteiger charge is 2.26. The Balaban J connectivity index is 2.18. The predicted octanol–water partition coefficient (Wildman–Crippen LogP) is 2.44. The topological polar surface area (TPSA) is 93.7 Å². The normalized spacial score (nSPS) is 11.2. The molecule has 26 heavy (non-hydrogen) atoms. The quantitative estimate of drug-likeness (QED) is 0.776. The Bertz CT molecular complexity index is 759. The number of carbonyl (C=O) groups excluding carboxylic acids is 3. The molecule has 0 radical (unpaired) electrons. The van der Waals surface area contributed by atoms with Gasteiger partial charge in [-0.2, -0.15) is 0 Å². The molecule has 0 bridgehead atoms. The van der Waals surface area contributed by atoms with Gasteiger partial charge in [-0.05, 0) is 31.2 Å². The third-order valence-corrected chi connectivity index (χ3v) is 3.43. The number of ether oxygens (including phenoxy) is 2. The number of urea groups is 1. The Morgan fingerprint density at radius 1 is 1.00 bits per heavy atom. The second kappa shape index (κ2) is 9.22. The van der Waals surface area contributed by atoms with E-state index in [-0.39, 0.29) is 5.56 Å². The first-order valence-corrected chi connectivity index (χ1v) is 8.06. The van der Waals surface area contributed by atoms with Crippen LogP contribution in [-0.4, -0.2) is 31.6 Å². The van der Waals surface area contributed by atoms with Crippen LogP contribution in [-0.2, 0) is 9.53 Å². The summed E-state index contributed by atoms with van der Waals surface area (Å²) < 4.78 is 10.7. The van der Waals surface area contributed by atoms with Gasteiger partial charge < -0.3 is 14.8 Å². The Labute approximate surface area is 151 Å². The van der Waals surface area contributed by atoms with Crippen LogP contribution in [0.5, 0.6) is 5.75 Å². The van der Waals surface area contributed by atoms with Gasteiger partial charge in [-0.1, -0.05) is 30.3 Å². The average Bonchev–Trinajstić information content (AvgIpc) is 2.67. The van der Waals surface area contributed by atoms with Crippen molar-refractivity contribution in [2.75, 3.05) is 13.7 Å². The summed E-state index contributed by atoms with van der Waals surface area (Å²) >= 11 is 0. The molecular weight excluding hydrogens is 336 g/mol. The lowest BCUT2D eigenvalue weighted by Crippen LogP contribution is -2.41. The van der Waals surface area contributed by atoms with Gasteiger partial charge in [0.05, 0.1) is 12.2 Å². The number of benzene rings is 2. The Hall–Kier alpha value is -3.35. The molecule has 2 aromatic carbocycles. The summed E-state index contributed by atoms with van der Waals surface area (Å²) in [6.07, 6.45) is -1.26. The summed E-state index contributed by atoms with van der Waals surface area (Å²) in [4.78, 5) is 36.2. The monoisotopic (exact) mass is 356 g/mol. The molecule has 0 aliphatic heterocycles. The molecule has 0 aromatic heterocycles. The zero-order valence-electron chi connectivity index (χ0n) is 14.5. The third-order valence-electron chi connectivity index (χ3n) is 3.43. The molecule has 0 saturated heterocycles. The smallest absolute Gasteiger partial charge is 0.339 e. The second-order valence-corrected chi connectivity index (χ2v) is 5.22. The van der Waals surface area contributed by atoms with Gasteiger partial charge in [0, 0.05) is 12.6 Å². The van der Waals surface area contributed by atoms with Gasteiger partial charge in [-0.15, -0.1) is 0 Å². The Kier molecular flexibility index (Phi) is 6.73. The molecule has 1 atom stereocenters. The van der Waals surface area contributed by atoms with Gasteiger partial charge in [0.2, 0.25) is 6.10 Å². The summed E-state index contributed by atoms with van der Waals surface area (Å²) in [5, 5.41) is 4.40. The first-order valence-electron chi connectivity index (χ1n) is 8.06. The average molecular weight is 356 g/mol. The van der Waals surface area contributed by atoms with Crippen LogP contribution in [0.3, 0.4) is 0 Å². The van der Waals surface area contributed by atoms with Crippen LogP contribution >= 0.6 is 0 Å². The molecule has 2 rings (SSSR count). The SMILES string of the molecule is CCOc1ccc(C(=O)OC(C(=O)NC(=O)NC)c2ccccc2)cc1. The lowest BCUT2D eigenvalue weighted by molar-refractivity contribution is -0.129. The van der Waals surface area contributed by atoms with Crippen molar-refractivity contribution in [3.8, 4) is 5.75 Å². The first-order chi connectivity index (χ1) is 12.5. The van der Waals surface area contributed by atoms with Crippen LogP contribution in [0, 0.1) is 0 Å². The lowest BCUT2D eigenvalue weighted by atomic mass is 10.1. The molecule has 0 spiro atoms. The van der Waals surface area contributed by atoms with Crippen molar-refractivity contribution in [3.05, 3.63) is 65.7 Å². The van der Waals surface area contributed by atoms with Crippen LogP contribution in [0.1, 0.15) is 28.9 Å². The van der Waals surface area contributed by atoms with E-state index in [1.54, 1.807) is 54.6 Å². The molecule has 0 heterocycles. The summed E-state index contributed by atoms with van der Waals surface area (Å²) in [7, 11) is 1.38. The summed E-state index contributed by atoms with van der Waals surface area (Å²) in [5.74, 6) is -0.801. The lowest BCUT2D eigenvalue weighted by Gasteiger charge is -2.17. The minimum atomic E-state index is -1.26. The molecule has 7 nitrogen and oxygen atoms in total. The van der Waals surface area contributed by atoms with E-state index in [9.17, 15) is 14.4 Å². The summed E-state index contributed by atoms with van der Waals surface area (Å²) in [5.41, 5.74) is 0.718. The van der Waals surface area contributed by atoms with Gasteiger partial charge in [0.15, 0.2) is 0 Å². The summed E-state index contributed by atoms with van der Waals surface area (Å²) in [6, 6.07) is 14.2. The highest BCUT2D eigenvalue weighted by molar-refractivity contribution is 5.99. The van der Waals surface area contributed by atoms with Crippen LogP contribution in [0.25, 0.3) is 0 Å². The van der Waals surface area contributed by atoms with Gasteiger partial charge in [0.1, 0.15) is 5.75 Å². The highest BCUT2D eigenvalue weighted by Crippen LogP contribution is 2.20. The van der Waals surface area contributed by atoms with Crippen molar-refractivity contribution in [2.45, 2.75) is 13.0 Å². The molecule has 1 unspecified atom stereocenters. The minimum absolute atomic E-state index is 0.266. The zero-order valence-corrected chi connectivity index (χ0v) is 14.5. The second-order valence-electron chi connectivity index (χ2n) is 5.22. The van der Waals surface area contributed by atoms with E-state index in [0.717, 1.165) is 0 Å². The molecule has 3 amide bonds. The molecule has 2 aromatic rings. The Morgan fingerprint density at radius 2 is 1.65 bits per heavy atom. The van der Waals surface area contributed by atoms with E-state index in [1.807, 2.05) is 6.92 Å². The number of rotatable bonds is 6. The van der Waals surface area contributed by atoms with E-state index in [1.165, 1.54) is 7.05 Å². The van der Waals surface area contributed by atoms with Crippen LogP contribution in [0.2, 0.25) is 0 Å². The number of esters is 1. The standard InChI is InChI=1S/C19H20N2O5/c1-3-25-15-11-9-14(10-12-15)18(23)26-16(13-7-5-4-6-8-13)17(22)21-19(24)20-2/h4-12,16H,3H2,1-2H3,(H2,20,21,22,24). The molecular formula is C19H20N2O5. The summed E-state index contributed by atoms with van der Waals surface area (Å²) in [6.45, 7) is 2.37. The van der Waals surface area contributed by atoms with Gasteiger partial charge >= 0.3 is 12.0 Å². The van der Waals surface area contributed by atoms with Crippen molar-refractivity contribution in [1.82, 2.24) is 10.6 Å². The number of amides is 3. The fraction of sp³-hybridized carbons (Fsp3) is 0.211. The van der Waals surface area contributed by atoms with Crippen molar-refractivity contribution in [1.29, 1.82) is 0 Å². The number of nitrogens with one attached hydrogen (secondary N) is 2. The Morgan fingerprint density at radius 3 is 2.23 bits per heavy atom. The fourth-order valence-electron chi connectivity index (χ4n) is 2.17. The molecule has 0 fully saturated rings. The van der Waals surface area contributed by atoms with E-state index in [0.29, 0.717) is 17.9 Å². The van der Waals surface area contributed by atoms with Gasteiger partial charge in [-0.3, -0.25) is 10.1 Å². The maximum Gasteiger partial charge on any atom is 0.339 e. The fourth-order valence-corrected chi connectivity index (χ4v) is 2.17. The predicted molar refractivity (Wildman–Crippen MR) is 94.8 cm³/mol. The number of hydrogen-bond donors (Lipinski definition) is 2. The number of hydrogen-bond acceptors (Lipinski definition) is 5. The largest absolute Gasteiger partial charge is 0.494 e. The highest BCUT2D eigenvalue weighted by atomic mass is 16.5. The van der Waals surface area contributed by atoms with E-state index >= 15 is 0 Å². The maximum atomic E-state index is 12.4. The molecule has 136 valence electrons. The molecule has 2 N–H and O–H groups in total. The van der Waals surface area contributed by atoms with E-state index in [4.69, 9.17) is 9.47 Å². The van der Waals surface area contributed by atoms with Crippen molar-refractivity contribution in [2.24, 2.45) is 0 Å². The number of carbonyl (C=O) groups is 3. The zero-order chi connectivity index (χ0) is 18.9. The van der Waals surface area contributed by atoms with Crippen molar-refractivity contribution in [3.63, 3.8) is 0 Å². The molecule has 0 aliphatic carbocycles. The molecule has 0 aliphatic rings. The van der Waals surface area contributed by atoms with E-state index in [2.05, 4.69) is 10.6 Å². The molecule has 0 saturated carbocycles. The molecule has 7 heteroatoms. The third kappa shape index (κ3) is 5.07. The van der Waals surface area contributed by atoms with Crippen molar-refractivity contribution < 1.29 is 23.9 Å². The van der Waals surface area contributed by atoms with Crippen molar-refractivity contribution >= 4 is 17.9 Å². The first kappa shape index (κ1) is 19.0. The van der Waals surface area contributed by atoms with Crippen LogP contribution in [0.4, 0.5) is 4.79 Å². The number of imide groups is 1.